The molecule has 0 fully saturated rings. The zero-order valence-electron chi connectivity index (χ0n) is 9.71. The van der Waals surface area contributed by atoms with E-state index in [0.717, 1.165) is 32.1 Å². The first kappa shape index (κ1) is 14.2. The van der Waals surface area contributed by atoms with Crippen LogP contribution in [0, 0.1) is 0 Å². The lowest BCUT2D eigenvalue weighted by atomic mass is 10.1. The molecule has 88 valence electrons. The molecule has 0 saturated carbocycles. The number of carbonyl (C=O) groups excluding carboxylic acids is 1. The number of esters is 1. The molecule has 0 aromatic carbocycles. The van der Waals surface area contributed by atoms with Crippen LogP contribution in [-0.4, -0.2) is 18.6 Å². The summed E-state index contributed by atoms with van der Waals surface area (Å²) < 4.78 is 4.83. The van der Waals surface area contributed by atoms with E-state index in [1.54, 1.807) is 0 Å². The van der Waals surface area contributed by atoms with Gasteiger partial charge in [0.2, 0.25) is 0 Å². The van der Waals surface area contributed by atoms with Gasteiger partial charge in [-0.2, -0.15) is 0 Å². The molecule has 0 saturated heterocycles. The van der Waals surface area contributed by atoms with Crippen LogP contribution in [0.5, 0.6) is 0 Å². The van der Waals surface area contributed by atoms with Crippen LogP contribution in [0.2, 0.25) is 0 Å². The predicted molar refractivity (Wildman–Crippen MR) is 62.5 cm³/mol. The minimum Gasteiger partial charge on any atom is -0.466 e. The highest BCUT2D eigenvalue weighted by atomic mass is 16.5. The SMILES string of the molecule is C=CCC(N)CCCCCC(=O)OCC. The summed E-state index contributed by atoms with van der Waals surface area (Å²) in [6.45, 7) is 5.95. The number of hydrogen-bond donors (Lipinski definition) is 1. The quantitative estimate of drug-likeness (QED) is 0.363. The first-order valence-electron chi connectivity index (χ1n) is 5.72. The third kappa shape index (κ3) is 9.47. The maximum atomic E-state index is 11.0. The summed E-state index contributed by atoms with van der Waals surface area (Å²) in [5.41, 5.74) is 5.81. The van der Waals surface area contributed by atoms with Crippen LogP contribution in [0.1, 0.15) is 45.4 Å². The van der Waals surface area contributed by atoms with Crippen molar-refractivity contribution in [2.24, 2.45) is 5.73 Å². The Labute approximate surface area is 92.7 Å². The van der Waals surface area contributed by atoms with Gasteiger partial charge in [-0.1, -0.05) is 18.9 Å². The minimum atomic E-state index is -0.0899. The van der Waals surface area contributed by atoms with E-state index in [2.05, 4.69) is 6.58 Å². The molecule has 0 aliphatic heterocycles. The van der Waals surface area contributed by atoms with Crippen LogP contribution in [0.3, 0.4) is 0 Å². The molecule has 2 N–H and O–H groups in total. The first-order valence-corrected chi connectivity index (χ1v) is 5.72. The van der Waals surface area contributed by atoms with E-state index in [1.807, 2.05) is 13.0 Å². The van der Waals surface area contributed by atoms with Crippen molar-refractivity contribution in [2.45, 2.75) is 51.5 Å². The van der Waals surface area contributed by atoms with E-state index >= 15 is 0 Å². The molecule has 1 atom stereocenters. The summed E-state index contributed by atoms with van der Waals surface area (Å²) in [5, 5.41) is 0. The van der Waals surface area contributed by atoms with Crippen molar-refractivity contribution in [3.8, 4) is 0 Å². The van der Waals surface area contributed by atoms with Crippen LogP contribution < -0.4 is 5.73 Å². The van der Waals surface area contributed by atoms with Crippen molar-refractivity contribution in [3.05, 3.63) is 12.7 Å². The lowest BCUT2D eigenvalue weighted by molar-refractivity contribution is -0.143. The van der Waals surface area contributed by atoms with Gasteiger partial charge < -0.3 is 10.5 Å². The summed E-state index contributed by atoms with van der Waals surface area (Å²) in [6.07, 6.45) is 7.29. The molecule has 0 aliphatic carbocycles. The molecule has 0 amide bonds. The summed E-state index contributed by atoms with van der Waals surface area (Å²) in [6, 6.07) is 0.227. The summed E-state index contributed by atoms with van der Waals surface area (Å²) in [5.74, 6) is -0.0899. The van der Waals surface area contributed by atoms with Gasteiger partial charge in [0.25, 0.3) is 0 Å². The Balaban J connectivity index is 3.24. The zero-order chi connectivity index (χ0) is 11.5. The van der Waals surface area contributed by atoms with Gasteiger partial charge in [-0.05, 0) is 26.2 Å². The maximum absolute atomic E-state index is 11.0. The molecule has 0 aliphatic rings. The fourth-order valence-corrected chi connectivity index (χ4v) is 1.42. The Bertz CT molecular complexity index is 180. The third-order valence-electron chi connectivity index (χ3n) is 2.23. The Kier molecular flexibility index (Phi) is 9.18. The van der Waals surface area contributed by atoms with Crippen molar-refractivity contribution in [3.63, 3.8) is 0 Å². The van der Waals surface area contributed by atoms with E-state index in [1.165, 1.54) is 0 Å². The van der Waals surface area contributed by atoms with Gasteiger partial charge in [0.1, 0.15) is 0 Å². The smallest absolute Gasteiger partial charge is 0.305 e. The Hall–Kier alpha value is -0.830. The largest absolute Gasteiger partial charge is 0.466 e. The number of carbonyl (C=O) groups is 1. The van der Waals surface area contributed by atoms with Crippen molar-refractivity contribution < 1.29 is 9.53 Å². The Morgan fingerprint density at radius 2 is 2.20 bits per heavy atom. The Morgan fingerprint density at radius 3 is 2.80 bits per heavy atom. The fourth-order valence-electron chi connectivity index (χ4n) is 1.42. The molecule has 1 unspecified atom stereocenters. The van der Waals surface area contributed by atoms with Gasteiger partial charge in [-0.3, -0.25) is 4.79 Å². The van der Waals surface area contributed by atoms with E-state index in [0.29, 0.717) is 13.0 Å². The maximum Gasteiger partial charge on any atom is 0.305 e. The van der Waals surface area contributed by atoms with E-state index < -0.39 is 0 Å². The van der Waals surface area contributed by atoms with Gasteiger partial charge in [0.05, 0.1) is 6.61 Å². The molecule has 3 heteroatoms. The summed E-state index contributed by atoms with van der Waals surface area (Å²) in [7, 11) is 0. The van der Waals surface area contributed by atoms with Gasteiger partial charge in [0.15, 0.2) is 0 Å². The van der Waals surface area contributed by atoms with Crippen molar-refractivity contribution in [2.75, 3.05) is 6.61 Å². The average Bonchev–Trinajstić information content (AvgIpc) is 2.18. The second kappa shape index (κ2) is 9.71. The molecule has 3 nitrogen and oxygen atoms in total. The highest BCUT2D eigenvalue weighted by Crippen LogP contribution is 2.07. The number of rotatable bonds is 9. The summed E-state index contributed by atoms with van der Waals surface area (Å²) >= 11 is 0. The normalized spacial score (nSPS) is 12.1. The molecule has 0 heterocycles. The van der Waals surface area contributed by atoms with Crippen LogP contribution in [0.15, 0.2) is 12.7 Å². The van der Waals surface area contributed by atoms with Gasteiger partial charge in [-0.25, -0.2) is 0 Å². The van der Waals surface area contributed by atoms with Crippen LogP contribution in [0.25, 0.3) is 0 Å². The monoisotopic (exact) mass is 213 g/mol. The highest BCUT2D eigenvalue weighted by Gasteiger charge is 2.02. The molecule has 15 heavy (non-hydrogen) atoms. The lowest BCUT2D eigenvalue weighted by Crippen LogP contribution is -2.18. The number of ether oxygens (including phenoxy) is 1. The molecule has 0 rings (SSSR count). The van der Waals surface area contributed by atoms with Crippen molar-refractivity contribution >= 4 is 5.97 Å². The molecule has 0 aromatic rings. The van der Waals surface area contributed by atoms with Gasteiger partial charge >= 0.3 is 5.97 Å². The number of nitrogens with two attached hydrogens (primary N) is 1. The minimum absolute atomic E-state index is 0.0899. The second-order valence-corrected chi connectivity index (χ2v) is 3.69. The molecule has 0 spiro atoms. The van der Waals surface area contributed by atoms with Crippen molar-refractivity contribution in [1.82, 2.24) is 0 Å². The predicted octanol–water partition coefficient (Wildman–Crippen LogP) is 2.40. The molecular weight excluding hydrogens is 190 g/mol. The van der Waals surface area contributed by atoms with E-state index in [9.17, 15) is 4.79 Å². The van der Waals surface area contributed by atoms with Crippen molar-refractivity contribution in [1.29, 1.82) is 0 Å². The highest BCUT2D eigenvalue weighted by molar-refractivity contribution is 5.69. The lowest BCUT2D eigenvalue weighted by Gasteiger charge is -2.07. The van der Waals surface area contributed by atoms with Crippen LogP contribution in [-0.2, 0) is 9.53 Å². The number of hydrogen-bond acceptors (Lipinski definition) is 3. The average molecular weight is 213 g/mol. The summed E-state index contributed by atoms with van der Waals surface area (Å²) in [4.78, 5) is 11.0. The molecule has 0 radical (unpaired) electrons. The van der Waals surface area contributed by atoms with Crippen LogP contribution in [0.4, 0.5) is 0 Å². The van der Waals surface area contributed by atoms with Gasteiger partial charge in [-0.15, -0.1) is 6.58 Å². The molecule has 0 bridgehead atoms. The van der Waals surface area contributed by atoms with Gasteiger partial charge in [0, 0.05) is 12.5 Å². The Morgan fingerprint density at radius 1 is 1.47 bits per heavy atom. The van der Waals surface area contributed by atoms with E-state index in [4.69, 9.17) is 10.5 Å². The molecule has 0 aromatic heterocycles. The first-order chi connectivity index (χ1) is 7.20. The van der Waals surface area contributed by atoms with E-state index in [-0.39, 0.29) is 12.0 Å². The fraction of sp³-hybridized carbons (Fsp3) is 0.750. The van der Waals surface area contributed by atoms with Crippen LogP contribution >= 0.6 is 0 Å². The standard InChI is InChI=1S/C12H23NO2/c1-3-8-11(13)9-6-5-7-10-12(14)15-4-2/h3,11H,1,4-10,13H2,2H3. The second-order valence-electron chi connectivity index (χ2n) is 3.69. The molecular formula is C12H23NO2. The number of unbranched alkanes of at least 4 members (excludes halogenated alkanes) is 2. The zero-order valence-corrected chi connectivity index (χ0v) is 9.71. The third-order valence-corrected chi connectivity index (χ3v) is 2.23. The topological polar surface area (TPSA) is 52.3 Å².